The highest BCUT2D eigenvalue weighted by Crippen LogP contribution is 2.29. The maximum absolute atomic E-state index is 13.1. The van der Waals surface area contributed by atoms with E-state index in [9.17, 15) is 9.59 Å². The van der Waals surface area contributed by atoms with Crippen LogP contribution in [0.4, 0.5) is 4.79 Å². The number of carbonyl (C=O) groups excluding carboxylic acids is 2. The topological polar surface area (TPSA) is 67.9 Å². The fraction of sp³-hybridized carbons (Fsp3) is 0.391. The molecule has 2 aromatic carbocycles. The Hall–Kier alpha value is -3.02. The van der Waals surface area contributed by atoms with Gasteiger partial charge in [0.2, 0.25) is 0 Å². The molecule has 0 bridgehead atoms. The van der Waals surface area contributed by atoms with Crippen LogP contribution in [0.2, 0.25) is 0 Å². The number of amides is 2. The lowest BCUT2D eigenvalue weighted by Crippen LogP contribution is -2.41. The van der Waals surface area contributed by atoms with Gasteiger partial charge in [-0.25, -0.2) is 4.79 Å². The zero-order valence-corrected chi connectivity index (χ0v) is 17.5. The van der Waals surface area contributed by atoms with Gasteiger partial charge in [0.25, 0.3) is 5.91 Å². The number of aryl methyl sites for hydroxylation is 1. The van der Waals surface area contributed by atoms with Gasteiger partial charge in [-0.05, 0) is 51.0 Å². The Morgan fingerprint density at radius 1 is 1.14 bits per heavy atom. The average molecular weight is 396 g/mol. The van der Waals surface area contributed by atoms with Gasteiger partial charge in [0.1, 0.15) is 18.0 Å². The number of rotatable bonds is 4. The van der Waals surface area contributed by atoms with Crippen molar-refractivity contribution >= 4 is 12.0 Å². The maximum atomic E-state index is 13.1. The number of fused-ring (bicyclic) bond motifs is 1. The Bertz CT molecular complexity index is 885. The van der Waals surface area contributed by atoms with E-state index in [0.717, 1.165) is 11.1 Å². The third kappa shape index (κ3) is 5.50. The first-order chi connectivity index (χ1) is 13.7. The molecule has 0 unspecified atom stereocenters. The molecule has 0 aromatic heterocycles. The number of hydrogen-bond acceptors (Lipinski definition) is 4. The van der Waals surface area contributed by atoms with E-state index >= 15 is 0 Å². The summed E-state index contributed by atoms with van der Waals surface area (Å²) in [5.41, 5.74) is 3.19. The normalized spacial score (nSPS) is 13.9. The molecule has 1 aliphatic rings. The molecule has 6 heteroatoms. The monoisotopic (exact) mass is 396 g/mol. The number of nitrogens with zero attached hydrogens (tertiary/aromatic N) is 1. The number of alkyl carbamates (subject to hydrolysis) is 1. The lowest BCUT2D eigenvalue weighted by atomic mass is 10.0. The molecule has 29 heavy (non-hydrogen) atoms. The fourth-order valence-corrected chi connectivity index (χ4v) is 3.11. The number of ether oxygens (including phenoxy) is 2. The predicted octanol–water partition coefficient (Wildman–Crippen LogP) is 4.02. The minimum atomic E-state index is -0.554. The number of carbonyl (C=O) groups is 2. The molecule has 1 heterocycles. The lowest BCUT2D eigenvalue weighted by molar-refractivity contribution is 0.0513. The molecule has 2 amide bonds. The standard InChI is InChI=1S/C23H28N2O4/c1-16-5-7-17(8-6-16)18-9-10-20-19(15-18)21(26)25(13-14-28-20)12-11-24-22(27)29-23(2,3)4/h5-10,15H,11-14H2,1-4H3,(H,24,27). The number of benzene rings is 2. The molecule has 0 spiro atoms. The molecule has 0 saturated heterocycles. The zero-order valence-electron chi connectivity index (χ0n) is 17.5. The van der Waals surface area contributed by atoms with Crippen LogP contribution < -0.4 is 10.1 Å². The molecular weight excluding hydrogens is 368 g/mol. The molecule has 2 aromatic rings. The van der Waals surface area contributed by atoms with Crippen molar-refractivity contribution < 1.29 is 19.1 Å². The molecular formula is C23H28N2O4. The minimum Gasteiger partial charge on any atom is -0.491 e. The first-order valence-corrected chi connectivity index (χ1v) is 9.83. The highest BCUT2D eigenvalue weighted by Gasteiger charge is 2.24. The van der Waals surface area contributed by atoms with Crippen LogP contribution in [0.25, 0.3) is 11.1 Å². The van der Waals surface area contributed by atoms with E-state index < -0.39 is 11.7 Å². The summed E-state index contributed by atoms with van der Waals surface area (Å²) >= 11 is 0. The quantitative estimate of drug-likeness (QED) is 0.848. The van der Waals surface area contributed by atoms with Gasteiger partial charge < -0.3 is 19.7 Å². The fourth-order valence-electron chi connectivity index (χ4n) is 3.11. The summed E-state index contributed by atoms with van der Waals surface area (Å²) in [6.07, 6.45) is -0.488. The first-order valence-electron chi connectivity index (χ1n) is 9.83. The van der Waals surface area contributed by atoms with Gasteiger partial charge in [0.15, 0.2) is 0 Å². The van der Waals surface area contributed by atoms with Gasteiger partial charge in [-0.1, -0.05) is 35.9 Å². The summed E-state index contributed by atoms with van der Waals surface area (Å²) in [5, 5.41) is 2.70. The Morgan fingerprint density at radius 3 is 2.52 bits per heavy atom. The molecule has 0 aliphatic carbocycles. The second kappa shape index (κ2) is 8.55. The van der Waals surface area contributed by atoms with Crippen LogP contribution in [0.5, 0.6) is 5.75 Å². The van der Waals surface area contributed by atoms with Gasteiger partial charge in [-0.15, -0.1) is 0 Å². The van der Waals surface area contributed by atoms with Crippen molar-refractivity contribution in [1.29, 1.82) is 0 Å². The summed E-state index contributed by atoms with van der Waals surface area (Å²) in [5.74, 6) is 0.492. The summed E-state index contributed by atoms with van der Waals surface area (Å²) in [7, 11) is 0. The van der Waals surface area contributed by atoms with E-state index in [1.165, 1.54) is 5.56 Å². The van der Waals surface area contributed by atoms with Crippen LogP contribution in [0.3, 0.4) is 0 Å². The van der Waals surface area contributed by atoms with Crippen LogP contribution >= 0.6 is 0 Å². The Labute approximate surface area is 171 Å². The van der Waals surface area contributed by atoms with Crippen LogP contribution in [0.1, 0.15) is 36.7 Å². The van der Waals surface area contributed by atoms with E-state index in [-0.39, 0.29) is 5.91 Å². The highest BCUT2D eigenvalue weighted by molar-refractivity contribution is 5.98. The molecule has 0 fully saturated rings. The van der Waals surface area contributed by atoms with E-state index in [2.05, 4.69) is 5.32 Å². The van der Waals surface area contributed by atoms with Crippen molar-refractivity contribution in [3.8, 4) is 16.9 Å². The smallest absolute Gasteiger partial charge is 0.407 e. The van der Waals surface area contributed by atoms with Gasteiger partial charge in [-0.2, -0.15) is 0 Å². The van der Waals surface area contributed by atoms with Gasteiger partial charge >= 0.3 is 6.09 Å². The largest absolute Gasteiger partial charge is 0.491 e. The Kier molecular flexibility index (Phi) is 6.11. The molecule has 0 atom stereocenters. The molecule has 154 valence electrons. The van der Waals surface area contributed by atoms with Crippen molar-refractivity contribution in [2.24, 2.45) is 0 Å². The average Bonchev–Trinajstić information content (AvgIpc) is 2.80. The van der Waals surface area contributed by atoms with Crippen molar-refractivity contribution in [2.45, 2.75) is 33.3 Å². The predicted molar refractivity (Wildman–Crippen MR) is 112 cm³/mol. The van der Waals surface area contributed by atoms with E-state index in [1.807, 2.05) is 70.2 Å². The van der Waals surface area contributed by atoms with Crippen LogP contribution in [0, 0.1) is 6.92 Å². The van der Waals surface area contributed by atoms with Crippen LogP contribution in [0.15, 0.2) is 42.5 Å². The van der Waals surface area contributed by atoms with Gasteiger partial charge in [0, 0.05) is 13.1 Å². The summed E-state index contributed by atoms with van der Waals surface area (Å²) < 4.78 is 11.0. The zero-order chi connectivity index (χ0) is 21.0. The molecule has 6 nitrogen and oxygen atoms in total. The van der Waals surface area contributed by atoms with Crippen molar-refractivity contribution in [2.75, 3.05) is 26.2 Å². The number of nitrogens with one attached hydrogen (secondary N) is 1. The summed E-state index contributed by atoms with van der Waals surface area (Å²) in [4.78, 5) is 26.6. The lowest BCUT2D eigenvalue weighted by Gasteiger charge is -2.22. The molecule has 1 aliphatic heterocycles. The Balaban J connectivity index is 1.70. The van der Waals surface area contributed by atoms with Crippen LogP contribution in [-0.4, -0.2) is 48.7 Å². The van der Waals surface area contributed by atoms with E-state index in [4.69, 9.17) is 9.47 Å². The molecule has 0 radical (unpaired) electrons. The minimum absolute atomic E-state index is 0.0996. The molecule has 3 rings (SSSR count). The van der Waals surface area contributed by atoms with Gasteiger partial charge in [-0.3, -0.25) is 4.79 Å². The van der Waals surface area contributed by atoms with Crippen molar-refractivity contribution in [3.63, 3.8) is 0 Å². The highest BCUT2D eigenvalue weighted by atomic mass is 16.6. The second-order valence-corrected chi connectivity index (χ2v) is 8.15. The first kappa shape index (κ1) is 20.7. The second-order valence-electron chi connectivity index (χ2n) is 8.15. The van der Waals surface area contributed by atoms with Crippen molar-refractivity contribution in [1.82, 2.24) is 10.2 Å². The molecule has 0 saturated carbocycles. The van der Waals surface area contributed by atoms with E-state index in [0.29, 0.717) is 37.6 Å². The summed E-state index contributed by atoms with van der Waals surface area (Å²) in [6.45, 7) is 9.05. The SMILES string of the molecule is Cc1ccc(-c2ccc3c(c2)C(=O)N(CCNC(=O)OC(C)(C)C)CCO3)cc1. The van der Waals surface area contributed by atoms with Gasteiger partial charge in [0.05, 0.1) is 12.1 Å². The summed E-state index contributed by atoms with van der Waals surface area (Å²) in [6, 6.07) is 13.9. The Morgan fingerprint density at radius 2 is 1.83 bits per heavy atom. The number of hydrogen-bond donors (Lipinski definition) is 1. The van der Waals surface area contributed by atoms with E-state index in [1.54, 1.807) is 4.90 Å². The van der Waals surface area contributed by atoms with Crippen LogP contribution in [-0.2, 0) is 4.74 Å². The maximum Gasteiger partial charge on any atom is 0.407 e. The molecule has 1 N–H and O–H groups in total. The third-order valence-electron chi connectivity index (χ3n) is 4.55. The third-order valence-corrected chi connectivity index (χ3v) is 4.55. The van der Waals surface area contributed by atoms with Crippen molar-refractivity contribution in [3.05, 3.63) is 53.6 Å².